The smallest absolute Gasteiger partial charge is 0.347 e. The van der Waals surface area contributed by atoms with Crippen LogP contribution in [0.25, 0.3) is 0 Å². The number of ether oxygens (including phenoxy) is 4. The van der Waals surface area contributed by atoms with Gasteiger partial charge in [0.2, 0.25) is 0 Å². The fourth-order valence-electron chi connectivity index (χ4n) is 7.34. The number of phenols is 1. The van der Waals surface area contributed by atoms with Gasteiger partial charge in [-0.25, -0.2) is 4.79 Å². The number of rotatable bonds is 6. The number of Topliss-reactive ketones (excluding diaryl/α,β-unsaturated/α-hetero) is 1. The van der Waals surface area contributed by atoms with Crippen LogP contribution in [0.5, 0.6) is 23.0 Å². The van der Waals surface area contributed by atoms with Crippen LogP contribution in [-0.2, 0) is 21.4 Å². The van der Waals surface area contributed by atoms with E-state index in [0.717, 1.165) is 17.7 Å². The molecule has 0 amide bonds. The number of piperidine rings is 1. The lowest BCUT2D eigenvalue weighted by atomic mass is 9.45. The standard InChI is InChI=1S/C29H35NO7/c1-6-36-29-12-11-20(31)17(2)28(29)13-14-30(3)24(29)15-19-22(16-23(34-4)26(35-5)25(19)28)37-27(33)18-9-7-8-10-21(18)32/h7-10,16-17,24,32H,6,11-15H2,1-5H3/t17?,24-,28-,29-/m1/s1. The van der Waals surface area contributed by atoms with E-state index in [4.69, 9.17) is 18.9 Å². The highest BCUT2D eigenvalue weighted by Crippen LogP contribution is 2.65. The monoisotopic (exact) mass is 509 g/mol. The van der Waals surface area contributed by atoms with E-state index in [9.17, 15) is 14.7 Å². The molecular weight excluding hydrogens is 474 g/mol. The van der Waals surface area contributed by atoms with Gasteiger partial charge in [0.25, 0.3) is 0 Å². The summed E-state index contributed by atoms with van der Waals surface area (Å²) in [6.45, 7) is 5.31. The van der Waals surface area contributed by atoms with Crippen LogP contribution in [-0.4, -0.2) is 67.8 Å². The van der Waals surface area contributed by atoms with E-state index < -0.39 is 17.0 Å². The zero-order valence-electron chi connectivity index (χ0n) is 22.1. The lowest BCUT2D eigenvalue weighted by Gasteiger charge is -2.66. The number of benzene rings is 2. The number of nitrogens with zero attached hydrogens (tertiary/aromatic N) is 1. The van der Waals surface area contributed by atoms with Gasteiger partial charge in [-0.1, -0.05) is 19.1 Å². The first-order valence-corrected chi connectivity index (χ1v) is 12.9. The molecule has 2 bridgehead atoms. The van der Waals surface area contributed by atoms with Crippen LogP contribution < -0.4 is 14.2 Å². The Morgan fingerprint density at radius 3 is 2.59 bits per heavy atom. The van der Waals surface area contributed by atoms with Crippen LogP contribution in [0.3, 0.4) is 0 Å². The van der Waals surface area contributed by atoms with Crippen LogP contribution in [0.4, 0.5) is 0 Å². The van der Waals surface area contributed by atoms with Gasteiger partial charge >= 0.3 is 5.97 Å². The highest BCUT2D eigenvalue weighted by Gasteiger charge is 2.69. The molecule has 198 valence electrons. The second-order valence-electron chi connectivity index (χ2n) is 10.3. The number of carbonyl (C=O) groups is 2. The van der Waals surface area contributed by atoms with E-state index in [1.807, 2.05) is 13.8 Å². The molecule has 8 heteroatoms. The molecule has 1 saturated heterocycles. The molecule has 0 radical (unpaired) electrons. The van der Waals surface area contributed by atoms with E-state index >= 15 is 0 Å². The Balaban J connectivity index is 1.79. The van der Waals surface area contributed by atoms with Crippen LogP contribution in [0.1, 0.15) is 54.6 Å². The summed E-state index contributed by atoms with van der Waals surface area (Å²) in [6.07, 6.45) is 2.32. The van der Waals surface area contributed by atoms with Crippen molar-refractivity contribution < 1.29 is 33.6 Å². The average molecular weight is 510 g/mol. The maximum absolute atomic E-state index is 13.4. The van der Waals surface area contributed by atoms with Gasteiger partial charge in [0.05, 0.1) is 19.8 Å². The Bertz CT molecular complexity index is 1240. The largest absolute Gasteiger partial charge is 0.507 e. The third-order valence-electron chi connectivity index (χ3n) is 8.96. The van der Waals surface area contributed by atoms with E-state index in [0.29, 0.717) is 49.5 Å². The molecule has 1 aliphatic heterocycles. The maximum atomic E-state index is 13.4. The first-order chi connectivity index (χ1) is 17.8. The van der Waals surface area contributed by atoms with Crippen LogP contribution in [0.2, 0.25) is 0 Å². The zero-order chi connectivity index (χ0) is 26.5. The van der Waals surface area contributed by atoms with Crippen LogP contribution in [0.15, 0.2) is 30.3 Å². The summed E-state index contributed by atoms with van der Waals surface area (Å²) in [5.41, 5.74) is 0.442. The van der Waals surface area contributed by atoms with E-state index in [1.165, 1.54) is 12.1 Å². The van der Waals surface area contributed by atoms with Gasteiger partial charge in [0, 0.05) is 47.6 Å². The predicted molar refractivity (Wildman–Crippen MR) is 137 cm³/mol. The molecule has 2 fully saturated rings. The molecule has 2 aromatic rings. The number of fused-ring (bicyclic) bond motifs is 1. The fraction of sp³-hybridized carbons (Fsp3) is 0.517. The lowest BCUT2D eigenvalue weighted by molar-refractivity contribution is -0.207. The Morgan fingerprint density at radius 1 is 1.16 bits per heavy atom. The predicted octanol–water partition coefficient (Wildman–Crippen LogP) is 3.90. The molecule has 5 rings (SSSR count). The Labute approximate surface area is 217 Å². The molecule has 0 spiro atoms. The minimum absolute atomic E-state index is 0.0232. The van der Waals surface area contributed by atoms with Crippen molar-refractivity contribution in [3.63, 3.8) is 0 Å². The third kappa shape index (κ3) is 3.49. The SMILES string of the molecule is CCO[C@@]12CCC(=O)C(C)[C@@]13CCN(C)[C@@H]2Cc1c(OC(=O)c2ccccc2O)cc(OC)c(OC)c13. The molecule has 4 atom stereocenters. The normalized spacial score (nSPS) is 28.7. The number of phenolic OH excluding ortho intramolecular Hbond substituents is 1. The van der Waals surface area contributed by atoms with Crippen molar-refractivity contribution in [2.24, 2.45) is 5.92 Å². The number of likely N-dealkylation sites (tertiary alicyclic amines) is 1. The van der Waals surface area contributed by atoms with Gasteiger partial charge in [0.15, 0.2) is 11.5 Å². The lowest BCUT2D eigenvalue weighted by Crippen LogP contribution is -2.76. The van der Waals surface area contributed by atoms with Crippen molar-refractivity contribution in [1.82, 2.24) is 4.90 Å². The summed E-state index contributed by atoms with van der Waals surface area (Å²) in [4.78, 5) is 28.9. The molecule has 1 N–H and O–H groups in total. The summed E-state index contributed by atoms with van der Waals surface area (Å²) in [5.74, 6) is 0.361. The molecule has 1 saturated carbocycles. The number of ketones is 1. The first-order valence-electron chi connectivity index (χ1n) is 12.9. The van der Waals surface area contributed by atoms with Gasteiger partial charge in [-0.2, -0.15) is 0 Å². The van der Waals surface area contributed by atoms with E-state index in [-0.39, 0.29) is 29.1 Å². The Hall–Kier alpha value is -3.10. The molecule has 3 aliphatic rings. The minimum Gasteiger partial charge on any atom is -0.507 e. The second-order valence-corrected chi connectivity index (χ2v) is 10.3. The van der Waals surface area contributed by atoms with Gasteiger partial charge in [-0.3, -0.25) is 4.79 Å². The molecule has 2 aromatic carbocycles. The highest BCUT2D eigenvalue weighted by molar-refractivity contribution is 5.94. The van der Waals surface area contributed by atoms with E-state index in [2.05, 4.69) is 11.9 Å². The van der Waals surface area contributed by atoms with Gasteiger partial charge in [-0.05, 0) is 51.9 Å². The van der Waals surface area contributed by atoms with Crippen molar-refractivity contribution >= 4 is 11.8 Å². The maximum Gasteiger partial charge on any atom is 0.347 e. The highest BCUT2D eigenvalue weighted by atomic mass is 16.5. The molecule has 37 heavy (non-hydrogen) atoms. The minimum atomic E-state index is -0.682. The summed E-state index contributed by atoms with van der Waals surface area (Å²) in [6, 6.07) is 7.94. The van der Waals surface area contributed by atoms with E-state index in [1.54, 1.807) is 32.4 Å². The first kappa shape index (κ1) is 25.5. The number of esters is 1. The number of methoxy groups -OCH3 is 2. The van der Waals surface area contributed by atoms with Crippen molar-refractivity contribution in [1.29, 1.82) is 0 Å². The van der Waals surface area contributed by atoms with Crippen LogP contribution in [0, 0.1) is 5.92 Å². The zero-order valence-corrected chi connectivity index (χ0v) is 22.1. The average Bonchev–Trinajstić information content (AvgIpc) is 2.89. The van der Waals surface area contributed by atoms with Gasteiger partial charge in [-0.15, -0.1) is 0 Å². The number of carbonyl (C=O) groups excluding carboxylic acids is 2. The number of para-hydroxylation sites is 1. The van der Waals surface area contributed by atoms with Crippen molar-refractivity contribution in [3.05, 3.63) is 47.0 Å². The fourth-order valence-corrected chi connectivity index (χ4v) is 7.34. The Morgan fingerprint density at radius 2 is 1.92 bits per heavy atom. The summed E-state index contributed by atoms with van der Waals surface area (Å²) in [7, 11) is 5.24. The van der Waals surface area contributed by atoms with Crippen molar-refractivity contribution in [2.75, 3.05) is 34.4 Å². The second kappa shape index (κ2) is 9.33. The van der Waals surface area contributed by atoms with Crippen molar-refractivity contribution in [2.45, 2.75) is 56.6 Å². The van der Waals surface area contributed by atoms with Gasteiger partial charge < -0.3 is 29.0 Å². The molecular formula is C29H35NO7. The number of likely N-dealkylation sites (N-methyl/N-ethyl adjacent to an activating group) is 1. The summed E-state index contributed by atoms with van der Waals surface area (Å²) >= 11 is 0. The molecule has 1 unspecified atom stereocenters. The van der Waals surface area contributed by atoms with Crippen molar-refractivity contribution in [3.8, 4) is 23.0 Å². The number of aromatic hydroxyl groups is 1. The van der Waals surface area contributed by atoms with Crippen LogP contribution >= 0.6 is 0 Å². The molecule has 8 nitrogen and oxygen atoms in total. The quantitative estimate of drug-likeness (QED) is 0.463. The Kier molecular flexibility index (Phi) is 6.44. The summed E-state index contributed by atoms with van der Waals surface area (Å²) in [5, 5.41) is 10.3. The number of hydrogen-bond donors (Lipinski definition) is 1. The van der Waals surface area contributed by atoms with Gasteiger partial charge in [0.1, 0.15) is 22.8 Å². The topological polar surface area (TPSA) is 94.5 Å². The molecule has 2 aliphatic carbocycles. The number of hydrogen-bond acceptors (Lipinski definition) is 8. The third-order valence-corrected chi connectivity index (χ3v) is 8.96. The molecule has 0 aromatic heterocycles. The molecule has 1 heterocycles. The summed E-state index contributed by atoms with van der Waals surface area (Å²) < 4.78 is 24.4.